The lowest BCUT2D eigenvalue weighted by Crippen LogP contribution is -2.34. The molecule has 0 bridgehead atoms. The van der Waals surface area contributed by atoms with Gasteiger partial charge in [0.05, 0.1) is 6.42 Å². The van der Waals surface area contributed by atoms with Crippen molar-refractivity contribution >= 4 is 40.5 Å². The summed E-state index contributed by atoms with van der Waals surface area (Å²) in [6, 6.07) is 33.4. The van der Waals surface area contributed by atoms with E-state index in [0.29, 0.717) is 35.7 Å². The van der Waals surface area contributed by atoms with E-state index in [4.69, 9.17) is 17.0 Å². The van der Waals surface area contributed by atoms with Crippen LogP contribution in [-0.2, 0) is 17.8 Å². The van der Waals surface area contributed by atoms with Gasteiger partial charge in [0.15, 0.2) is 5.11 Å². The molecule has 0 fully saturated rings. The van der Waals surface area contributed by atoms with Crippen LogP contribution in [0.2, 0.25) is 0 Å². The predicted molar refractivity (Wildman–Crippen MR) is 146 cm³/mol. The molecule has 0 saturated carbocycles. The Morgan fingerprint density at radius 2 is 1.22 bits per heavy atom. The van der Waals surface area contributed by atoms with E-state index >= 15 is 0 Å². The molecule has 0 unspecified atom stereocenters. The van der Waals surface area contributed by atoms with Gasteiger partial charge in [-0.1, -0.05) is 60.7 Å². The Bertz CT molecular complexity index is 1310. The maximum atomic E-state index is 12.5. The molecule has 0 saturated heterocycles. The number of carbonyl (C=O) groups is 2. The van der Waals surface area contributed by atoms with Crippen LogP contribution in [0.5, 0.6) is 5.75 Å². The van der Waals surface area contributed by atoms with Crippen LogP contribution in [0.15, 0.2) is 109 Å². The molecule has 7 heteroatoms. The predicted octanol–water partition coefficient (Wildman–Crippen LogP) is 5.57. The first-order valence-corrected chi connectivity index (χ1v) is 11.8. The molecule has 3 N–H and O–H groups in total. The molecule has 4 rings (SSSR count). The van der Waals surface area contributed by atoms with Crippen molar-refractivity contribution in [2.45, 2.75) is 13.0 Å². The summed E-state index contributed by atoms with van der Waals surface area (Å²) < 4.78 is 5.75. The minimum absolute atomic E-state index is 0.0961. The van der Waals surface area contributed by atoms with Gasteiger partial charge >= 0.3 is 0 Å². The average molecular weight is 496 g/mol. The first kappa shape index (κ1) is 24.6. The van der Waals surface area contributed by atoms with Gasteiger partial charge in [-0.3, -0.25) is 14.9 Å². The molecule has 0 atom stereocenters. The van der Waals surface area contributed by atoms with Crippen LogP contribution in [0.3, 0.4) is 0 Å². The molecule has 0 spiro atoms. The highest BCUT2D eigenvalue weighted by molar-refractivity contribution is 7.80. The summed E-state index contributed by atoms with van der Waals surface area (Å²) in [4.78, 5) is 24.8. The van der Waals surface area contributed by atoms with Crippen LogP contribution in [0.4, 0.5) is 11.4 Å². The van der Waals surface area contributed by atoms with E-state index in [1.807, 2.05) is 60.7 Å². The molecular weight excluding hydrogens is 470 g/mol. The summed E-state index contributed by atoms with van der Waals surface area (Å²) in [6.45, 7) is 0.454. The molecule has 4 aromatic carbocycles. The zero-order valence-electron chi connectivity index (χ0n) is 19.4. The number of thiocarbonyl (C=S) groups is 1. The number of benzene rings is 4. The molecule has 4 aromatic rings. The standard InChI is InChI=1S/C29H25N3O3S/c33-27(19-21-7-3-1-4-8-21)30-24-13-15-25(16-14-24)31-29(36)32-28(34)23-11-17-26(18-12-23)35-20-22-9-5-2-6-10-22/h1-18H,19-20H2,(H,30,33)(H2,31,32,34,36). The highest BCUT2D eigenvalue weighted by Gasteiger charge is 2.09. The number of hydrogen-bond acceptors (Lipinski definition) is 4. The highest BCUT2D eigenvalue weighted by Crippen LogP contribution is 2.16. The quantitative estimate of drug-likeness (QED) is 0.278. The Morgan fingerprint density at radius 1 is 0.667 bits per heavy atom. The zero-order chi connectivity index (χ0) is 25.2. The molecule has 0 heterocycles. The van der Waals surface area contributed by atoms with Crippen LogP contribution in [0, 0.1) is 0 Å². The maximum absolute atomic E-state index is 12.5. The van der Waals surface area contributed by atoms with Crippen molar-refractivity contribution in [2.24, 2.45) is 0 Å². The SMILES string of the molecule is O=C(Cc1ccccc1)Nc1ccc(NC(=S)NC(=O)c2ccc(OCc3ccccc3)cc2)cc1. The molecule has 2 amide bonds. The van der Waals surface area contributed by atoms with Gasteiger partial charge in [-0.15, -0.1) is 0 Å². The fourth-order valence-corrected chi connectivity index (χ4v) is 3.61. The maximum Gasteiger partial charge on any atom is 0.257 e. The summed E-state index contributed by atoms with van der Waals surface area (Å²) >= 11 is 5.27. The molecule has 180 valence electrons. The number of anilines is 2. The summed E-state index contributed by atoms with van der Waals surface area (Å²) in [6.07, 6.45) is 0.303. The van der Waals surface area contributed by atoms with Gasteiger partial charge in [-0.05, 0) is 71.9 Å². The first-order valence-electron chi connectivity index (χ1n) is 11.4. The number of amides is 2. The van der Waals surface area contributed by atoms with Crippen LogP contribution in [0.25, 0.3) is 0 Å². The molecule has 0 aliphatic heterocycles. The van der Waals surface area contributed by atoms with Crippen molar-refractivity contribution in [1.82, 2.24) is 5.32 Å². The second kappa shape index (κ2) is 12.3. The van der Waals surface area contributed by atoms with Crippen LogP contribution >= 0.6 is 12.2 Å². The third kappa shape index (κ3) is 7.51. The highest BCUT2D eigenvalue weighted by atomic mass is 32.1. The molecule has 36 heavy (non-hydrogen) atoms. The lowest BCUT2D eigenvalue weighted by molar-refractivity contribution is -0.115. The molecule has 0 aliphatic rings. The molecular formula is C29H25N3O3S. The molecule has 0 radical (unpaired) electrons. The normalized spacial score (nSPS) is 10.2. The zero-order valence-corrected chi connectivity index (χ0v) is 20.3. The van der Waals surface area contributed by atoms with Crippen LogP contribution in [0.1, 0.15) is 21.5 Å². The Labute approximate surface area is 215 Å². The van der Waals surface area contributed by atoms with Crippen molar-refractivity contribution in [2.75, 3.05) is 10.6 Å². The number of ether oxygens (including phenoxy) is 1. The van der Waals surface area contributed by atoms with E-state index in [9.17, 15) is 9.59 Å². The van der Waals surface area contributed by atoms with E-state index < -0.39 is 0 Å². The van der Waals surface area contributed by atoms with Crippen molar-refractivity contribution in [3.63, 3.8) is 0 Å². The van der Waals surface area contributed by atoms with Gasteiger partial charge in [-0.2, -0.15) is 0 Å². The number of rotatable bonds is 8. The number of hydrogen-bond donors (Lipinski definition) is 3. The van der Waals surface area contributed by atoms with Crippen molar-refractivity contribution in [1.29, 1.82) is 0 Å². The molecule has 6 nitrogen and oxygen atoms in total. The smallest absolute Gasteiger partial charge is 0.257 e. The summed E-state index contributed by atoms with van der Waals surface area (Å²) in [5.41, 5.74) is 3.83. The van der Waals surface area contributed by atoms with Crippen LogP contribution in [-0.4, -0.2) is 16.9 Å². The van der Waals surface area contributed by atoms with E-state index in [2.05, 4.69) is 16.0 Å². The third-order valence-electron chi connectivity index (χ3n) is 5.23. The second-order valence-electron chi connectivity index (χ2n) is 7.99. The Hall–Kier alpha value is -4.49. The van der Waals surface area contributed by atoms with E-state index in [-0.39, 0.29) is 16.9 Å². The number of carbonyl (C=O) groups excluding carboxylic acids is 2. The van der Waals surface area contributed by atoms with E-state index in [1.54, 1.807) is 48.5 Å². The van der Waals surface area contributed by atoms with Gasteiger partial charge < -0.3 is 15.4 Å². The van der Waals surface area contributed by atoms with Crippen LogP contribution < -0.4 is 20.7 Å². The van der Waals surface area contributed by atoms with Crippen molar-refractivity contribution in [3.8, 4) is 5.75 Å². The van der Waals surface area contributed by atoms with Gasteiger partial charge in [-0.25, -0.2) is 0 Å². The Balaban J connectivity index is 1.23. The largest absolute Gasteiger partial charge is 0.489 e. The van der Waals surface area contributed by atoms with Gasteiger partial charge in [0.1, 0.15) is 12.4 Å². The van der Waals surface area contributed by atoms with Gasteiger partial charge in [0.2, 0.25) is 5.91 Å². The topological polar surface area (TPSA) is 79.5 Å². The molecule has 0 aromatic heterocycles. The Kier molecular flexibility index (Phi) is 8.40. The van der Waals surface area contributed by atoms with Gasteiger partial charge in [0.25, 0.3) is 5.91 Å². The third-order valence-corrected chi connectivity index (χ3v) is 5.43. The van der Waals surface area contributed by atoms with E-state index in [0.717, 1.165) is 11.1 Å². The van der Waals surface area contributed by atoms with Gasteiger partial charge in [0, 0.05) is 16.9 Å². The number of nitrogens with one attached hydrogen (secondary N) is 3. The fraction of sp³-hybridized carbons (Fsp3) is 0.0690. The minimum Gasteiger partial charge on any atom is -0.489 e. The summed E-state index contributed by atoms with van der Waals surface area (Å²) in [5, 5.41) is 8.68. The average Bonchev–Trinajstić information content (AvgIpc) is 2.90. The summed E-state index contributed by atoms with van der Waals surface area (Å²) in [5.74, 6) is 0.250. The van der Waals surface area contributed by atoms with Crippen molar-refractivity contribution in [3.05, 3.63) is 126 Å². The monoisotopic (exact) mass is 495 g/mol. The molecule has 0 aliphatic carbocycles. The second-order valence-corrected chi connectivity index (χ2v) is 8.40. The minimum atomic E-state index is -0.327. The first-order chi connectivity index (χ1) is 17.5. The fourth-order valence-electron chi connectivity index (χ4n) is 3.40. The lowest BCUT2D eigenvalue weighted by atomic mass is 10.1. The van der Waals surface area contributed by atoms with Crippen molar-refractivity contribution < 1.29 is 14.3 Å². The lowest BCUT2D eigenvalue weighted by Gasteiger charge is -2.11. The Morgan fingerprint density at radius 3 is 1.83 bits per heavy atom. The van der Waals surface area contributed by atoms with E-state index in [1.165, 1.54) is 0 Å². The summed E-state index contributed by atoms with van der Waals surface area (Å²) in [7, 11) is 0.